The second kappa shape index (κ2) is 22.3. The zero-order chi connectivity index (χ0) is 44.1. The minimum Gasteiger partial charge on any atom is -0.744 e. The third-order valence-electron chi connectivity index (χ3n) is 8.22. The number of nitrogens with one attached hydrogen (secondary N) is 2. The predicted molar refractivity (Wildman–Crippen MR) is 212 cm³/mol. The van der Waals surface area contributed by atoms with Crippen molar-refractivity contribution in [3.05, 3.63) is 84.9 Å². The Morgan fingerprint density at radius 2 is 0.862 bits per heavy atom. The first kappa shape index (κ1) is 59.2. The standard InChI is InChI=1S/C33H26N8O15S4.2Cu.H3N.2Na/c34-57(47,48)19-3-7-25(42)23(13-19)38-40-29-27(59(51,52)53)11-15-9-17(1-5-21(15)31(29)44)36-33(46)37-18-2-6-22-16(10-18)12-28(60(54,55)56)30(32(22)45)41-39-24-14-20(58(35,49)50)4-8-26(24)43;;;;;/h1-14,42-45H,(H2,34,47,48)(H2,35,49,50)(H2,36,37,46)(H,51,52,53)(H,54,55,56);;;1H3;;/q;2*+2;;2*+1/p-2. The summed E-state index contributed by atoms with van der Waals surface area (Å²) >= 11 is 0. The number of amides is 2. The molecule has 0 unspecified atom stereocenters. The second-order valence-corrected chi connectivity index (χ2v) is 18.1. The quantitative estimate of drug-likeness (QED) is 0.0431. The number of phenolic OH excluding ortho intramolecular Hbond substituents is 4. The molecule has 0 spiro atoms. The van der Waals surface area contributed by atoms with E-state index in [0.29, 0.717) is 0 Å². The third-order valence-corrected chi connectivity index (χ3v) is 11.7. The molecule has 32 heteroatoms. The Morgan fingerprint density at radius 1 is 0.523 bits per heavy atom. The van der Waals surface area contributed by atoms with Gasteiger partial charge in [0.25, 0.3) is 0 Å². The van der Waals surface area contributed by atoms with E-state index in [-0.39, 0.29) is 132 Å². The van der Waals surface area contributed by atoms with Crippen molar-refractivity contribution in [3.8, 4) is 23.0 Å². The van der Waals surface area contributed by atoms with Gasteiger partial charge < -0.3 is 46.3 Å². The molecule has 0 aliphatic carbocycles. The van der Waals surface area contributed by atoms with Crippen molar-refractivity contribution in [2.24, 2.45) is 30.7 Å². The summed E-state index contributed by atoms with van der Waals surface area (Å²) in [5.41, 5.74) is -2.81. The minimum atomic E-state index is -5.39. The molecule has 0 saturated heterocycles. The van der Waals surface area contributed by atoms with E-state index in [0.717, 1.165) is 60.7 Å². The molecule has 6 rings (SSSR count). The molecule has 0 aliphatic rings. The molecule has 13 N–H and O–H groups in total. The Kier molecular flexibility index (Phi) is 20.3. The molecule has 338 valence electrons. The van der Waals surface area contributed by atoms with Gasteiger partial charge in [-0.1, -0.05) is 0 Å². The average Bonchev–Trinajstić information content (AvgIpc) is 3.13. The van der Waals surface area contributed by atoms with Crippen LogP contribution in [0.2, 0.25) is 0 Å². The third kappa shape index (κ3) is 13.6. The monoisotopic (exact) mass is 1090 g/mol. The number of benzene rings is 6. The van der Waals surface area contributed by atoms with Crippen LogP contribution in [0.1, 0.15) is 0 Å². The van der Waals surface area contributed by atoms with Crippen molar-refractivity contribution < 1.29 is 161 Å². The van der Waals surface area contributed by atoms with Gasteiger partial charge in [0.15, 0.2) is 11.5 Å². The van der Waals surface area contributed by atoms with E-state index in [1.807, 2.05) is 0 Å². The number of aromatic hydroxyl groups is 4. The second-order valence-electron chi connectivity index (χ2n) is 12.3. The molecule has 6 aromatic rings. The fourth-order valence-electron chi connectivity index (χ4n) is 5.46. The summed E-state index contributed by atoms with van der Waals surface area (Å²) in [7, 11) is -19.3. The first-order valence-corrected chi connectivity index (χ1v) is 21.9. The molecule has 0 atom stereocenters. The molecule has 0 fully saturated rings. The summed E-state index contributed by atoms with van der Waals surface area (Å²) in [6, 6.07) is 13.3. The van der Waals surface area contributed by atoms with E-state index >= 15 is 0 Å². The smallest absolute Gasteiger partial charge is 0.744 e. The van der Waals surface area contributed by atoms with Gasteiger partial charge in [0.2, 0.25) is 20.0 Å². The number of nitrogens with two attached hydrogens (primary N) is 2. The summed E-state index contributed by atoms with van der Waals surface area (Å²) in [4.78, 5) is 9.86. The molecule has 0 heterocycles. The molecule has 0 saturated carbocycles. The largest absolute Gasteiger partial charge is 2.00 e. The molecule has 24 nitrogen and oxygen atoms in total. The Balaban J connectivity index is 0.00000422. The summed E-state index contributed by atoms with van der Waals surface area (Å²) < 4.78 is 120. The van der Waals surface area contributed by atoms with Crippen LogP contribution in [0.25, 0.3) is 21.5 Å². The van der Waals surface area contributed by atoms with Crippen LogP contribution in [-0.4, -0.2) is 69.2 Å². The van der Waals surface area contributed by atoms with Gasteiger partial charge in [0, 0.05) is 22.1 Å². The van der Waals surface area contributed by atoms with E-state index < -0.39 is 112 Å². The van der Waals surface area contributed by atoms with Gasteiger partial charge in [-0.15, -0.1) is 20.5 Å². The number of carbonyl (C=O) groups excluding carboxylic acids is 1. The van der Waals surface area contributed by atoms with Crippen LogP contribution < -0.4 is 86.2 Å². The van der Waals surface area contributed by atoms with Crippen molar-refractivity contribution in [2.75, 3.05) is 10.6 Å². The van der Waals surface area contributed by atoms with Crippen LogP contribution in [0.5, 0.6) is 23.0 Å². The van der Waals surface area contributed by atoms with Gasteiger partial charge in [0.1, 0.15) is 54.5 Å². The van der Waals surface area contributed by atoms with E-state index in [1.54, 1.807) is 0 Å². The number of carbonyl (C=O) groups is 1. The SMILES string of the molecule is N.NS(=O)(=O)c1ccc(O)c(N=Nc2c(S(=O)(=O)[O-])cc3cc(NC(=O)Nc4ccc5c(O)c(N=Nc6cc(S(N)(=O)=O)ccc6O)c(S(=O)(=O)[O-])cc5c4)ccc3c2O)c1.[Cu+2].[Cu+2].[Na+].[Na+]. The summed E-state index contributed by atoms with van der Waals surface area (Å²) in [6.07, 6.45) is 0. The Morgan fingerprint density at radius 3 is 1.17 bits per heavy atom. The number of nitrogens with zero attached hydrogens (tertiary/aromatic N) is 4. The van der Waals surface area contributed by atoms with Crippen LogP contribution >= 0.6 is 0 Å². The van der Waals surface area contributed by atoms with E-state index in [2.05, 4.69) is 31.1 Å². The van der Waals surface area contributed by atoms with Gasteiger partial charge in [0.05, 0.1) is 19.6 Å². The zero-order valence-corrected chi connectivity index (χ0v) is 41.9. The number of primary sulfonamides is 2. The van der Waals surface area contributed by atoms with Crippen LogP contribution in [-0.2, 0) is 74.4 Å². The van der Waals surface area contributed by atoms with Gasteiger partial charge in [-0.25, -0.2) is 48.7 Å². The van der Waals surface area contributed by atoms with Gasteiger partial charge >= 0.3 is 99.3 Å². The fraction of sp³-hybridized carbons (Fsp3) is 0. The molecule has 0 aromatic heterocycles. The first-order valence-electron chi connectivity index (χ1n) is 16.0. The zero-order valence-electron chi connectivity index (χ0n) is 32.7. The number of anilines is 2. The number of rotatable bonds is 10. The maximum atomic E-state index is 13.0. The maximum absolute atomic E-state index is 13.0. The fourth-order valence-corrected chi connectivity index (χ4v) is 7.81. The van der Waals surface area contributed by atoms with Gasteiger partial charge in [-0.3, -0.25) is 0 Å². The van der Waals surface area contributed by atoms with Gasteiger partial charge in [-0.05, 0) is 95.7 Å². The van der Waals surface area contributed by atoms with Crippen molar-refractivity contribution in [1.82, 2.24) is 6.15 Å². The summed E-state index contributed by atoms with van der Waals surface area (Å²) in [5.74, 6) is -2.97. The Hall–Kier alpha value is -3.85. The summed E-state index contributed by atoms with van der Waals surface area (Å²) in [5, 5.41) is 71.1. The number of sulfonamides is 2. The number of urea groups is 1. The van der Waals surface area contributed by atoms with Crippen molar-refractivity contribution >= 4 is 102 Å². The molecular formula is C33H27Cu2N9Na2O15S4+4. The molecule has 2 amide bonds. The number of hydrogen-bond donors (Lipinski definition) is 9. The van der Waals surface area contributed by atoms with Crippen molar-refractivity contribution in [1.29, 1.82) is 0 Å². The number of phenols is 4. The van der Waals surface area contributed by atoms with E-state index in [1.165, 1.54) is 24.3 Å². The van der Waals surface area contributed by atoms with Crippen LogP contribution in [0.3, 0.4) is 0 Å². The molecule has 0 bridgehead atoms. The van der Waals surface area contributed by atoms with Crippen molar-refractivity contribution in [3.63, 3.8) is 0 Å². The Bertz CT molecular complexity index is 3150. The first-order chi connectivity index (χ1) is 27.8. The normalized spacial score (nSPS) is 11.8. The maximum Gasteiger partial charge on any atom is 2.00 e. The molecular weight excluding hydrogens is 1060 g/mol. The van der Waals surface area contributed by atoms with Crippen molar-refractivity contribution in [2.45, 2.75) is 19.6 Å². The number of fused-ring (bicyclic) bond motifs is 2. The average molecular weight is 1090 g/mol. The minimum absolute atomic E-state index is 0. The van der Waals surface area contributed by atoms with Crippen LogP contribution in [0.15, 0.2) is 125 Å². The molecule has 0 aliphatic heterocycles. The van der Waals surface area contributed by atoms with Gasteiger partial charge in [-0.2, -0.15) is 0 Å². The van der Waals surface area contributed by atoms with Crippen LogP contribution in [0.4, 0.5) is 38.9 Å². The number of hydrogen-bond acceptors (Lipinski definition) is 20. The van der Waals surface area contributed by atoms with E-state index in [9.17, 15) is 68.0 Å². The van der Waals surface area contributed by atoms with Crippen LogP contribution in [0, 0.1) is 0 Å². The summed E-state index contributed by atoms with van der Waals surface area (Å²) in [6.45, 7) is 0. The Labute approximate surface area is 433 Å². The molecule has 2 radical (unpaired) electrons. The molecule has 6 aromatic carbocycles. The predicted octanol–water partition coefficient (Wildman–Crippen LogP) is -1.44. The van der Waals surface area contributed by atoms with E-state index in [4.69, 9.17) is 10.3 Å². The molecule has 65 heavy (non-hydrogen) atoms. The topological polar surface area (TPSA) is 441 Å². The number of azo groups is 2.